The summed E-state index contributed by atoms with van der Waals surface area (Å²) in [6.07, 6.45) is 1.48. The molecule has 0 amide bonds. The van der Waals surface area contributed by atoms with Crippen LogP contribution in [0.25, 0.3) is 11.1 Å². The van der Waals surface area contributed by atoms with Crippen LogP contribution in [0.2, 0.25) is 10.0 Å². The minimum Gasteiger partial charge on any atom is -0.481 e. The lowest BCUT2D eigenvalue weighted by Crippen LogP contribution is -2.38. The lowest BCUT2D eigenvalue weighted by molar-refractivity contribution is -0.141. The highest BCUT2D eigenvalue weighted by Gasteiger charge is 2.28. The zero-order chi connectivity index (χ0) is 14.3. The Bertz CT molecular complexity index is 671. The predicted molar refractivity (Wildman–Crippen MR) is 76.6 cm³/mol. The number of carbonyl (C=O) groups is 1. The van der Waals surface area contributed by atoms with Crippen LogP contribution < -0.4 is 4.90 Å². The smallest absolute Gasteiger partial charge is 0.308 e. The molecule has 1 aromatic carbocycles. The summed E-state index contributed by atoms with van der Waals surface area (Å²) in [6.45, 7) is 1.12. The molecule has 0 spiro atoms. The fraction of sp³-hybridized carbons (Fsp3) is 0.385. The second-order valence-corrected chi connectivity index (χ2v) is 5.70. The lowest BCUT2D eigenvalue weighted by atomic mass is 9.99. The van der Waals surface area contributed by atoms with Gasteiger partial charge in [-0.2, -0.15) is 4.98 Å². The van der Waals surface area contributed by atoms with Crippen LogP contribution in [0.5, 0.6) is 0 Å². The van der Waals surface area contributed by atoms with E-state index in [2.05, 4.69) is 4.98 Å². The van der Waals surface area contributed by atoms with E-state index in [4.69, 9.17) is 32.7 Å². The van der Waals surface area contributed by atoms with Gasteiger partial charge in [0, 0.05) is 18.1 Å². The molecule has 3 rings (SSSR count). The van der Waals surface area contributed by atoms with Gasteiger partial charge in [-0.25, -0.2) is 0 Å². The molecule has 1 atom stereocenters. The number of oxazole rings is 1. The molecular weight excluding hydrogens is 303 g/mol. The standard InChI is InChI=1S/C13H12Cl2N2O3/c14-8-4-9(15)11-10(5-8)16-13(20-11)17-3-1-2-7(6-17)12(18)19/h4-5,7H,1-3,6H2,(H,18,19). The van der Waals surface area contributed by atoms with Crippen molar-refractivity contribution in [2.45, 2.75) is 12.8 Å². The Morgan fingerprint density at radius 2 is 2.25 bits per heavy atom. The second kappa shape index (κ2) is 5.14. The summed E-state index contributed by atoms with van der Waals surface area (Å²) in [5.41, 5.74) is 1.05. The molecule has 106 valence electrons. The summed E-state index contributed by atoms with van der Waals surface area (Å²) >= 11 is 12.0. The number of carboxylic acid groups (broad SMARTS) is 1. The van der Waals surface area contributed by atoms with Gasteiger partial charge in [0.2, 0.25) is 0 Å². The first-order valence-electron chi connectivity index (χ1n) is 6.28. The first-order chi connectivity index (χ1) is 9.54. The van der Waals surface area contributed by atoms with E-state index in [1.165, 1.54) is 0 Å². The van der Waals surface area contributed by atoms with Gasteiger partial charge in [0.15, 0.2) is 5.58 Å². The zero-order valence-electron chi connectivity index (χ0n) is 10.5. The van der Waals surface area contributed by atoms with Crippen LogP contribution in [0.15, 0.2) is 16.5 Å². The van der Waals surface area contributed by atoms with E-state index in [-0.39, 0.29) is 0 Å². The summed E-state index contributed by atoms with van der Waals surface area (Å²) in [5.74, 6) is -1.18. The average Bonchev–Trinajstić information content (AvgIpc) is 2.83. The summed E-state index contributed by atoms with van der Waals surface area (Å²) in [5, 5.41) is 10.00. The molecule has 7 heteroatoms. The van der Waals surface area contributed by atoms with E-state index in [9.17, 15) is 4.79 Å². The highest BCUT2D eigenvalue weighted by Crippen LogP contribution is 2.32. The van der Waals surface area contributed by atoms with Crippen molar-refractivity contribution in [2.24, 2.45) is 5.92 Å². The molecule has 1 saturated heterocycles. The number of halogens is 2. The van der Waals surface area contributed by atoms with Crippen molar-refractivity contribution in [3.63, 3.8) is 0 Å². The Kier molecular flexibility index (Phi) is 3.48. The molecule has 20 heavy (non-hydrogen) atoms. The normalized spacial score (nSPS) is 19.5. The fourth-order valence-corrected chi connectivity index (χ4v) is 2.96. The molecule has 0 radical (unpaired) electrons. The molecule has 1 aliphatic rings. The summed E-state index contributed by atoms with van der Waals surface area (Å²) in [7, 11) is 0. The number of aliphatic carboxylic acids is 1. The third kappa shape index (κ3) is 2.43. The third-order valence-corrected chi connectivity index (χ3v) is 3.94. The molecule has 2 aromatic rings. The maximum Gasteiger partial charge on any atom is 0.308 e. The van der Waals surface area contributed by atoms with Crippen molar-refractivity contribution < 1.29 is 14.3 Å². The van der Waals surface area contributed by atoms with Gasteiger partial charge in [-0.3, -0.25) is 4.79 Å². The molecule has 1 fully saturated rings. The number of carboxylic acids is 1. The SMILES string of the molecule is O=C(O)C1CCCN(c2nc3cc(Cl)cc(Cl)c3o2)C1. The number of benzene rings is 1. The monoisotopic (exact) mass is 314 g/mol. The van der Waals surface area contributed by atoms with Gasteiger partial charge in [0.1, 0.15) is 5.52 Å². The summed E-state index contributed by atoms with van der Waals surface area (Å²) in [6, 6.07) is 3.67. The molecule has 0 saturated carbocycles. The number of fused-ring (bicyclic) bond motifs is 1. The van der Waals surface area contributed by atoms with Gasteiger partial charge in [0.05, 0.1) is 10.9 Å². The van der Waals surface area contributed by atoms with Crippen LogP contribution in [-0.2, 0) is 4.79 Å². The van der Waals surface area contributed by atoms with Gasteiger partial charge in [-0.05, 0) is 25.0 Å². The quantitative estimate of drug-likeness (QED) is 0.919. The molecule has 5 nitrogen and oxygen atoms in total. The first kappa shape index (κ1) is 13.5. The molecule has 0 aliphatic carbocycles. The van der Waals surface area contributed by atoms with E-state index in [0.717, 1.165) is 13.0 Å². The van der Waals surface area contributed by atoms with E-state index >= 15 is 0 Å². The van der Waals surface area contributed by atoms with Crippen molar-refractivity contribution in [1.29, 1.82) is 0 Å². The van der Waals surface area contributed by atoms with Crippen LogP contribution >= 0.6 is 23.2 Å². The van der Waals surface area contributed by atoms with Crippen molar-refractivity contribution in [1.82, 2.24) is 4.98 Å². The Morgan fingerprint density at radius 3 is 3.00 bits per heavy atom. The lowest BCUT2D eigenvalue weighted by Gasteiger charge is -2.29. The average molecular weight is 315 g/mol. The Morgan fingerprint density at radius 1 is 1.45 bits per heavy atom. The van der Waals surface area contributed by atoms with Gasteiger partial charge >= 0.3 is 5.97 Å². The maximum atomic E-state index is 11.1. The molecule has 1 aromatic heterocycles. The number of piperidine rings is 1. The molecule has 1 aliphatic heterocycles. The maximum absolute atomic E-state index is 11.1. The summed E-state index contributed by atoms with van der Waals surface area (Å²) in [4.78, 5) is 17.3. The highest BCUT2D eigenvalue weighted by molar-refractivity contribution is 6.38. The first-order valence-corrected chi connectivity index (χ1v) is 7.03. The number of nitrogens with zero attached hydrogens (tertiary/aromatic N) is 2. The third-order valence-electron chi connectivity index (χ3n) is 3.44. The number of hydrogen-bond donors (Lipinski definition) is 1. The highest BCUT2D eigenvalue weighted by atomic mass is 35.5. The van der Waals surface area contributed by atoms with E-state index in [0.29, 0.717) is 40.1 Å². The number of aromatic nitrogens is 1. The van der Waals surface area contributed by atoms with Crippen molar-refractivity contribution >= 4 is 46.3 Å². The largest absolute Gasteiger partial charge is 0.481 e. The predicted octanol–water partition coefficient (Wildman–Crippen LogP) is 3.44. The molecule has 0 bridgehead atoms. The number of anilines is 1. The van der Waals surface area contributed by atoms with Crippen LogP contribution in [-0.4, -0.2) is 29.1 Å². The van der Waals surface area contributed by atoms with Crippen LogP contribution in [0, 0.1) is 5.92 Å². The van der Waals surface area contributed by atoms with E-state index < -0.39 is 11.9 Å². The molecular formula is C13H12Cl2N2O3. The topological polar surface area (TPSA) is 66.6 Å². The minimum atomic E-state index is -0.785. The molecule has 1 unspecified atom stereocenters. The fourth-order valence-electron chi connectivity index (χ4n) is 2.44. The number of rotatable bonds is 2. The van der Waals surface area contributed by atoms with Gasteiger partial charge < -0.3 is 14.4 Å². The van der Waals surface area contributed by atoms with Crippen molar-refractivity contribution in [3.8, 4) is 0 Å². The zero-order valence-corrected chi connectivity index (χ0v) is 12.0. The summed E-state index contributed by atoms with van der Waals surface area (Å²) < 4.78 is 5.65. The van der Waals surface area contributed by atoms with Gasteiger partial charge in [-0.15, -0.1) is 0 Å². The van der Waals surface area contributed by atoms with Crippen LogP contribution in [0.4, 0.5) is 6.01 Å². The van der Waals surface area contributed by atoms with Gasteiger partial charge in [0.25, 0.3) is 6.01 Å². The second-order valence-electron chi connectivity index (χ2n) is 4.86. The van der Waals surface area contributed by atoms with Gasteiger partial charge in [-0.1, -0.05) is 23.2 Å². The van der Waals surface area contributed by atoms with Crippen LogP contribution in [0.3, 0.4) is 0 Å². The van der Waals surface area contributed by atoms with Crippen molar-refractivity contribution in [2.75, 3.05) is 18.0 Å². The van der Waals surface area contributed by atoms with E-state index in [1.807, 2.05) is 4.90 Å². The Balaban J connectivity index is 1.94. The van der Waals surface area contributed by atoms with Crippen LogP contribution in [0.1, 0.15) is 12.8 Å². The number of hydrogen-bond acceptors (Lipinski definition) is 4. The van der Waals surface area contributed by atoms with E-state index in [1.54, 1.807) is 12.1 Å². The molecule has 1 N–H and O–H groups in total. The Hall–Kier alpha value is -1.46. The molecule has 2 heterocycles. The minimum absolute atomic E-state index is 0.391. The Labute approximate surface area is 125 Å². The van der Waals surface area contributed by atoms with Crippen molar-refractivity contribution in [3.05, 3.63) is 22.2 Å².